The Bertz CT molecular complexity index is 3970. The van der Waals surface area contributed by atoms with Gasteiger partial charge in [-0.15, -0.1) is 0 Å². The summed E-state index contributed by atoms with van der Waals surface area (Å²) >= 11 is 0. The quantitative estimate of drug-likeness (QED) is 0.114. The lowest BCUT2D eigenvalue weighted by Crippen LogP contribution is -2.49. The van der Waals surface area contributed by atoms with Gasteiger partial charge in [0.2, 0.25) is 0 Å². The molecule has 11 aromatic rings. The van der Waals surface area contributed by atoms with Gasteiger partial charge < -0.3 is 4.90 Å². The Kier molecular flexibility index (Phi) is 12.6. The van der Waals surface area contributed by atoms with Gasteiger partial charge in [0, 0.05) is 39.7 Å². The molecule has 5 heteroatoms. The van der Waals surface area contributed by atoms with Crippen LogP contribution in [0.5, 0.6) is 0 Å². The van der Waals surface area contributed by atoms with Crippen LogP contribution in [0.3, 0.4) is 0 Å². The van der Waals surface area contributed by atoms with Crippen molar-refractivity contribution in [2.45, 2.75) is 93.8 Å². The Morgan fingerprint density at radius 2 is 0.643 bits per heavy atom. The summed E-state index contributed by atoms with van der Waals surface area (Å²) in [7, 11) is -2.90. The zero-order chi connectivity index (χ0) is 57.8. The molecule has 0 saturated carbocycles. The molecule has 0 saturated heterocycles. The van der Waals surface area contributed by atoms with E-state index in [9.17, 15) is 0 Å². The topological polar surface area (TPSA) is 29.0 Å². The van der Waals surface area contributed by atoms with E-state index < -0.39 is 32.4 Å². The van der Waals surface area contributed by atoms with Gasteiger partial charge in [-0.3, -0.25) is 9.97 Å². The molecule has 3 nitrogen and oxygen atoms in total. The first-order valence-corrected chi connectivity index (χ1v) is 37.5. The van der Waals surface area contributed by atoms with E-state index in [1.807, 2.05) is 12.4 Å². The zero-order valence-corrected chi connectivity index (χ0v) is 52.0. The van der Waals surface area contributed by atoms with Crippen LogP contribution in [0.2, 0.25) is 39.3 Å². The minimum absolute atomic E-state index is 0.215. The molecule has 0 bridgehead atoms. The highest BCUT2D eigenvalue weighted by Crippen LogP contribution is 2.72. The van der Waals surface area contributed by atoms with Crippen molar-refractivity contribution in [1.29, 1.82) is 0 Å². The number of para-hydroxylation sites is 2. The lowest BCUT2D eigenvalue weighted by atomic mass is 9.52. The second-order valence-electron chi connectivity index (χ2n) is 27.4. The highest BCUT2D eigenvalue weighted by molar-refractivity contribution is 6.75. The molecule has 0 radical (unpaired) electrons. The van der Waals surface area contributed by atoms with E-state index >= 15 is 0 Å². The van der Waals surface area contributed by atoms with E-state index in [-0.39, 0.29) is 5.41 Å². The summed E-state index contributed by atoms with van der Waals surface area (Å²) in [5, 5.41) is 0. The summed E-state index contributed by atoms with van der Waals surface area (Å²) in [5.74, 6) is 0. The number of pyridine rings is 2. The van der Waals surface area contributed by atoms with Gasteiger partial charge in [0.1, 0.15) is 0 Å². The van der Waals surface area contributed by atoms with Gasteiger partial charge in [-0.2, -0.15) is 0 Å². The standard InChI is InChI=1S/C79H73N3Si2/c1-76(2,3)64-50-69-75-70(51-64)78(60-32-18-12-19-33-60,61-34-20-13-21-35-61)66-39-25-41-68-74(66)82(75)73-65(77(69,58-28-14-10-15-29-58)59-30-16-11-17-31-59)38-24-40-67(73)79(68,62-36-22-26-56(48-62)71-46-54(42-44-80-71)52-83(4,5)6)63-37-23-27-57(49-63)72-47-55(43-45-81-72)53-84(7,8)9/h10-51H,52-53H2,1-9H3. The van der Waals surface area contributed by atoms with Crippen LogP contribution in [0.1, 0.15) is 104 Å². The van der Waals surface area contributed by atoms with E-state index in [0.29, 0.717) is 0 Å². The summed E-state index contributed by atoms with van der Waals surface area (Å²) in [4.78, 5) is 13.1. The van der Waals surface area contributed by atoms with Gasteiger partial charge in [-0.05, 0) is 137 Å². The molecule has 412 valence electrons. The van der Waals surface area contributed by atoms with Crippen LogP contribution in [-0.4, -0.2) is 26.1 Å². The monoisotopic (exact) mass is 1120 g/mol. The molecule has 0 fully saturated rings. The molecule has 0 unspecified atom stereocenters. The van der Waals surface area contributed by atoms with Gasteiger partial charge in [-0.25, -0.2) is 0 Å². The third kappa shape index (κ3) is 8.32. The molecule has 2 aromatic heterocycles. The summed E-state index contributed by atoms with van der Waals surface area (Å²) < 4.78 is 0. The third-order valence-electron chi connectivity index (χ3n) is 18.3. The number of rotatable bonds is 12. The molecule has 0 amide bonds. The number of anilines is 3. The van der Waals surface area contributed by atoms with Crippen LogP contribution in [0.4, 0.5) is 17.1 Å². The van der Waals surface area contributed by atoms with Crippen LogP contribution in [0.25, 0.3) is 22.5 Å². The lowest BCUT2D eigenvalue weighted by Gasteiger charge is -2.58. The van der Waals surface area contributed by atoms with Crippen LogP contribution in [0, 0.1) is 0 Å². The lowest BCUT2D eigenvalue weighted by molar-refractivity contribution is 0.580. The molecule has 84 heavy (non-hydrogen) atoms. The average Bonchev–Trinajstić information content (AvgIpc) is 0.652. The largest absolute Gasteiger partial charge is 0.308 e. The number of aromatic nitrogens is 2. The van der Waals surface area contributed by atoms with E-state index in [2.05, 4.69) is 308 Å². The summed E-state index contributed by atoms with van der Waals surface area (Å²) in [6, 6.07) is 95.8. The first-order chi connectivity index (χ1) is 40.5. The average molecular weight is 1120 g/mol. The molecule has 0 spiro atoms. The molecule has 3 aliphatic heterocycles. The maximum absolute atomic E-state index is 5.19. The maximum Gasteiger partial charge on any atom is 0.0743 e. The first kappa shape index (κ1) is 53.5. The molecule has 0 N–H and O–H groups in total. The van der Waals surface area contributed by atoms with Crippen molar-refractivity contribution < 1.29 is 0 Å². The number of nitrogens with zero attached hydrogens (tertiary/aromatic N) is 3. The molecule has 0 atom stereocenters. The molecular formula is C79H73N3Si2. The predicted octanol–water partition coefficient (Wildman–Crippen LogP) is 19.5. The number of hydrogen-bond acceptors (Lipinski definition) is 3. The fraction of sp³-hybridized carbons (Fsp3) is 0.190. The third-order valence-corrected chi connectivity index (χ3v) is 21.2. The Labute approximate surface area is 499 Å². The highest BCUT2D eigenvalue weighted by Gasteiger charge is 2.60. The Morgan fingerprint density at radius 3 is 0.976 bits per heavy atom. The summed E-state index contributed by atoms with van der Waals surface area (Å²) in [6.45, 7) is 21.9. The van der Waals surface area contributed by atoms with Gasteiger partial charge in [0.15, 0.2) is 0 Å². The van der Waals surface area contributed by atoms with Crippen molar-refractivity contribution in [3.05, 3.63) is 339 Å². The van der Waals surface area contributed by atoms with Crippen molar-refractivity contribution >= 4 is 33.2 Å². The van der Waals surface area contributed by atoms with Crippen LogP contribution in [-0.2, 0) is 33.7 Å². The van der Waals surface area contributed by atoms with Gasteiger partial charge >= 0.3 is 0 Å². The van der Waals surface area contributed by atoms with Crippen molar-refractivity contribution in [1.82, 2.24) is 9.97 Å². The van der Waals surface area contributed by atoms with E-state index in [1.165, 1.54) is 101 Å². The summed E-state index contributed by atoms with van der Waals surface area (Å²) in [6.07, 6.45) is 4.05. The fourth-order valence-corrected chi connectivity index (χ4v) is 18.0. The molecule has 5 heterocycles. The normalized spacial score (nSPS) is 15.1. The predicted molar refractivity (Wildman–Crippen MR) is 356 cm³/mol. The molecule has 9 aromatic carbocycles. The van der Waals surface area contributed by atoms with Crippen molar-refractivity contribution in [2.75, 3.05) is 4.90 Å². The summed E-state index contributed by atoms with van der Waals surface area (Å²) in [5.41, 5.74) is 24.0. The minimum atomic E-state index is -1.45. The van der Waals surface area contributed by atoms with E-state index in [4.69, 9.17) is 9.97 Å². The Balaban J connectivity index is 1.21. The van der Waals surface area contributed by atoms with E-state index in [0.717, 1.165) is 34.6 Å². The minimum Gasteiger partial charge on any atom is -0.308 e. The Hall–Kier alpha value is -8.49. The van der Waals surface area contributed by atoms with Crippen molar-refractivity contribution in [3.8, 4) is 22.5 Å². The second kappa shape index (κ2) is 19.8. The fourth-order valence-electron chi connectivity index (χ4n) is 15.1. The number of hydrogen-bond donors (Lipinski definition) is 0. The smallest absolute Gasteiger partial charge is 0.0743 e. The number of benzene rings is 9. The second-order valence-corrected chi connectivity index (χ2v) is 38.3. The molecule has 14 rings (SSSR count). The van der Waals surface area contributed by atoms with Gasteiger partial charge in [0.25, 0.3) is 0 Å². The molecule has 0 aliphatic carbocycles. The highest BCUT2D eigenvalue weighted by atomic mass is 28.3. The van der Waals surface area contributed by atoms with Crippen LogP contribution >= 0.6 is 0 Å². The van der Waals surface area contributed by atoms with E-state index in [1.54, 1.807) is 0 Å². The zero-order valence-electron chi connectivity index (χ0n) is 50.0. The van der Waals surface area contributed by atoms with Crippen molar-refractivity contribution in [2.24, 2.45) is 0 Å². The van der Waals surface area contributed by atoms with Gasteiger partial charge in [0.05, 0.1) is 44.7 Å². The Morgan fingerprint density at radius 1 is 0.333 bits per heavy atom. The molecular weight excluding hydrogens is 1050 g/mol. The van der Waals surface area contributed by atoms with Crippen LogP contribution < -0.4 is 4.90 Å². The van der Waals surface area contributed by atoms with Gasteiger partial charge in [-0.1, -0.05) is 266 Å². The maximum atomic E-state index is 5.19. The van der Waals surface area contributed by atoms with Crippen LogP contribution in [0.15, 0.2) is 255 Å². The SMILES string of the molecule is CC(C)(C)c1cc2c3c(c1)C(c1ccccc1)(c1ccccc1)c1cccc4c1N3c1c(cccc1C2(c1ccccc1)c1ccccc1)C4(c1cccc(-c2cc(C[Si](C)(C)C)ccn2)c1)c1cccc(-c2cc(C[Si](C)(C)C)ccn2)c1. The van der Waals surface area contributed by atoms with Crippen molar-refractivity contribution in [3.63, 3.8) is 0 Å². The molecule has 3 aliphatic rings. The first-order valence-electron chi connectivity index (χ1n) is 30.1.